The van der Waals surface area contributed by atoms with Crippen molar-refractivity contribution in [3.63, 3.8) is 0 Å². The van der Waals surface area contributed by atoms with Gasteiger partial charge in [0, 0.05) is 42.6 Å². The molecule has 0 amide bonds. The second kappa shape index (κ2) is 14.9. The second-order valence-electron chi connectivity index (χ2n) is 14.9. The molecule has 1 atom stereocenters. The van der Waals surface area contributed by atoms with E-state index in [-0.39, 0.29) is 11.4 Å². The van der Waals surface area contributed by atoms with Crippen molar-refractivity contribution in [3.8, 4) is 28.1 Å². The Labute approximate surface area is 291 Å². The van der Waals surface area contributed by atoms with Gasteiger partial charge in [-0.05, 0) is 95.7 Å². The predicted molar refractivity (Wildman–Crippen MR) is 194 cm³/mol. The highest BCUT2D eigenvalue weighted by molar-refractivity contribution is 5.81. The monoisotopic (exact) mass is 671 g/mol. The number of hydrogen-bond acceptors (Lipinski definition) is 8. The van der Waals surface area contributed by atoms with E-state index in [9.17, 15) is 9.90 Å². The third kappa shape index (κ3) is 8.63. The van der Waals surface area contributed by atoms with Gasteiger partial charge in [-0.15, -0.1) is 0 Å². The van der Waals surface area contributed by atoms with Crippen LogP contribution in [-0.2, 0) is 23.7 Å². The van der Waals surface area contributed by atoms with E-state index in [0.29, 0.717) is 32.2 Å². The Morgan fingerprint density at radius 3 is 2.41 bits per heavy atom. The number of phenols is 1. The zero-order valence-electron chi connectivity index (χ0n) is 30.6. The molecule has 1 aliphatic heterocycles. The number of ether oxygens (including phenoxy) is 4. The van der Waals surface area contributed by atoms with Crippen molar-refractivity contribution in [2.45, 2.75) is 85.5 Å². The normalized spacial score (nSPS) is 15.6. The van der Waals surface area contributed by atoms with Gasteiger partial charge in [0.25, 0.3) is 0 Å². The van der Waals surface area contributed by atoms with E-state index >= 15 is 0 Å². The Hall–Kier alpha value is -3.92. The van der Waals surface area contributed by atoms with Gasteiger partial charge >= 0.3 is 5.97 Å². The number of aromatic hydroxyl groups is 1. The Morgan fingerprint density at radius 2 is 1.73 bits per heavy atom. The van der Waals surface area contributed by atoms with Crippen LogP contribution in [0, 0.1) is 19.8 Å². The van der Waals surface area contributed by atoms with Crippen LogP contribution < -0.4 is 4.90 Å². The molecule has 9 nitrogen and oxygen atoms in total. The molecule has 0 unspecified atom stereocenters. The lowest BCUT2D eigenvalue weighted by Gasteiger charge is -2.41. The molecule has 3 heterocycles. The number of methoxy groups -OCH3 is 1. The SMILES string of the molecule is COC(=O)[C@@H](OC(C)(C)C)c1c(C)cc2nc(-c3cccc(-c4cc(C)ccc4O)c3)cn2c1N1CCC(C)(OCCOCC(C)C)CC1. The summed E-state index contributed by atoms with van der Waals surface area (Å²) < 4.78 is 26.0. The topological polar surface area (TPSA) is 94.8 Å². The van der Waals surface area contributed by atoms with Gasteiger partial charge in [-0.2, -0.15) is 0 Å². The minimum absolute atomic E-state index is 0.233. The van der Waals surface area contributed by atoms with E-state index in [2.05, 4.69) is 36.1 Å². The van der Waals surface area contributed by atoms with E-state index < -0.39 is 17.7 Å². The first kappa shape index (κ1) is 36.4. The molecule has 4 aromatic rings. The van der Waals surface area contributed by atoms with Crippen LogP contribution in [0.5, 0.6) is 5.75 Å². The maximum atomic E-state index is 13.4. The quantitative estimate of drug-likeness (QED) is 0.119. The van der Waals surface area contributed by atoms with Crippen LogP contribution in [0.25, 0.3) is 28.0 Å². The first-order chi connectivity index (χ1) is 23.2. The highest BCUT2D eigenvalue weighted by atomic mass is 16.6. The van der Waals surface area contributed by atoms with Gasteiger partial charge in [-0.3, -0.25) is 4.40 Å². The molecule has 1 saturated heterocycles. The van der Waals surface area contributed by atoms with Crippen molar-refractivity contribution in [1.29, 1.82) is 0 Å². The number of carbonyl (C=O) groups excluding carboxylic acids is 1. The Bertz CT molecular complexity index is 1760. The summed E-state index contributed by atoms with van der Waals surface area (Å²) in [7, 11) is 1.40. The number of piperidine rings is 1. The number of esters is 1. The molecular formula is C40H53N3O6. The zero-order chi connectivity index (χ0) is 35.5. The van der Waals surface area contributed by atoms with Gasteiger partial charge < -0.3 is 29.0 Å². The van der Waals surface area contributed by atoms with Crippen molar-refractivity contribution in [2.75, 3.05) is 44.9 Å². The third-order valence-electron chi connectivity index (χ3n) is 8.99. The second-order valence-corrected chi connectivity index (χ2v) is 14.9. The van der Waals surface area contributed by atoms with E-state index in [1.165, 1.54) is 7.11 Å². The van der Waals surface area contributed by atoms with Crippen LogP contribution in [0.4, 0.5) is 5.82 Å². The summed E-state index contributed by atoms with van der Waals surface area (Å²) in [5.41, 5.74) is 5.98. The molecule has 1 N–H and O–H groups in total. The van der Waals surface area contributed by atoms with Crippen molar-refractivity contribution in [3.05, 3.63) is 71.4 Å². The first-order valence-electron chi connectivity index (χ1n) is 17.3. The summed E-state index contributed by atoms with van der Waals surface area (Å²) in [5, 5.41) is 10.6. The van der Waals surface area contributed by atoms with Gasteiger partial charge in [-0.25, -0.2) is 9.78 Å². The van der Waals surface area contributed by atoms with Crippen LogP contribution in [0.2, 0.25) is 0 Å². The number of aromatic nitrogens is 2. The summed E-state index contributed by atoms with van der Waals surface area (Å²) in [5.74, 6) is 1.14. The summed E-state index contributed by atoms with van der Waals surface area (Å²) in [4.78, 5) is 20.9. The first-order valence-corrected chi connectivity index (χ1v) is 17.3. The Balaban J connectivity index is 1.56. The van der Waals surface area contributed by atoms with Gasteiger partial charge in [0.2, 0.25) is 0 Å². The lowest BCUT2D eigenvalue weighted by Crippen LogP contribution is -2.46. The molecule has 0 saturated carbocycles. The van der Waals surface area contributed by atoms with Crippen LogP contribution in [0.1, 0.15) is 77.2 Å². The number of anilines is 1. The van der Waals surface area contributed by atoms with E-state index in [4.69, 9.17) is 23.9 Å². The molecular weight excluding hydrogens is 618 g/mol. The van der Waals surface area contributed by atoms with Crippen LogP contribution in [0.3, 0.4) is 0 Å². The van der Waals surface area contributed by atoms with Gasteiger partial charge in [0.15, 0.2) is 6.10 Å². The highest BCUT2D eigenvalue weighted by Crippen LogP contribution is 2.40. The molecule has 1 aliphatic rings. The third-order valence-corrected chi connectivity index (χ3v) is 8.99. The molecule has 5 rings (SSSR count). The fraction of sp³-hybridized carbons (Fsp3) is 0.500. The van der Waals surface area contributed by atoms with Gasteiger partial charge in [-0.1, -0.05) is 43.7 Å². The minimum Gasteiger partial charge on any atom is -0.507 e. The lowest BCUT2D eigenvalue weighted by atomic mass is 9.92. The molecule has 264 valence electrons. The molecule has 0 spiro atoms. The van der Waals surface area contributed by atoms with Crippen molar-refractivity contribution >= 4 is 17.4 Å². The standard InChI is InChI=1S/C40H53N3O6/c1-26(2)25-47-19-20-48-40(8)15-17-42(18-16-40)37-35(36(38(45)46-9)49-39(5,6)7)28(4)22-34-41-32(24-43(34)37)30-12-10-11-29(23-30)31-21-27(3)13-14-33(31)44/h10-14,21-24,26,36,44H,15-20,25H2,1-9H3/t36-/m0/s1. The van der Waals surface area contributed by atoms with Crippen molar-refractivity contribution in [2.24, 2.45) is 5.92 Å². The number of benzene rings is 2. The average Bonchev–Trinajstić information content (AvgIpc) is 3.47. The number of carbonyl (C=O) groups is 1. The van der Waals surface area contributed by atoms with Crippen molar-refractivity contribution in [1.82, 2.24) is 9.38 Å². The molecule has 0 bridgehead atoms. The maximum Gasteiger partial charge on any atom is 0.339 e. The largest absolute Gasteiger partial charge is 0.507 e. The maximum absolute atomic E-state index is 13.4. The molecule has 9 heteroatoms. The zero-order valence-corrected chi connectivity index (χ0v) is 30.6. The molecule has 1 fully saturated rings. The number of phenolic OH excluding ortho intramolecular Hbond substituents is 1. The van der Waals surface area contributed by atoms with Gasteiger partial charge in [0.1, 0.15) is 17.2 Å². The van der Waals surface area contributed by atoms with E-state index in [1.54, 1.807) is 6.07 Å². The predicted octanol–water partition coefficient (Wildman–Crippen LogP) is 8.07. The summed E-state index contributed by atoms with van der Waals surface area (Å²) in [6.07, 6.45) is 2.70. The summed E-state index contributed by atoms with van der Waals surface area (Å²) in [6, 6.07) is 15.7. The highest BCUT2D eigenvalue weighted by Gasteiger charge is 2.37. The fourth-order valence-electron chi connectivity index (χ4n) is 6.44. The molecule has 0 radical (unpaired) electrons. The summed E-state index contributed by atoms with van der Waals surface area (Å²) in [6.45, 7) is 19.6. The van der Waals surface area contributed by atoms with Crippen LogP contribution >= 0.6 is 0 Å². The van der Waals surface area contributed by atoms with E-state index in [0.717, 1.165) is 70.0 Å². The lowest BCUT2D eigenvalue weighted by molar-refractivity contribution is -0.164. The minimum atomic E-state index is -0.939. The molecule has 2 aromatic heterocycles. The number of pyridine rings is 1. The molecule has 0 aliphatic carbocycles. The average molecular weight is 672 g/mol. The number of fused-ring (bicyclic) bond motifs is 1. The van der Waals surface area contributed by atoms with E-state index in [1.807, 2.05) is 77.2 Å². The van der Waals surface area contributed by atoms with Crippen molar-refractivity contribution < 1.29 is 28.8 Å². The fourth-order valence-corrected chi connectivity index (χ4v) is 6.44. The number of nitrogens with zero attached hydrogens (tertiary/aromatic N) is 3. The molecule has 49 heavy (non-hydrogen) atoms. The smallest absolute Gasteiger partial charge is 0.339 e. The number of aryl methyl sites for hydroxylation is 2. The number of hydrogen-bond donors (Lipinski definition) is 1. The van der Waals surface area contributed by atoms with Gasteiger partial charge in [0.05, 0.1) is 37.2 Å². The number of rotatable bonds is 12. The number of imidazole rings is 1. The molecule has 2 aromatic carbocycles. The van der Waals surface area contributed by atoms with Crippen LogP contribution in [-0.4, -0.2) is 71.7 Å². The van der Waals surface area contributed by atoms with Crippen LogP contribution in [0.15, 0.2) is 54.7 Å². The summed E-state index contributed by atoms with van der Waals surface area (Å²) >= 11 is 0. The Kier molecular flexibility index (Phi) is 11.1. The Morgan fingerprint density at radius 1 is 1.02 bits per heavy atom.